The second-order valence-corrected chi connectivity index (χ2v) is 6.88. The van der Waals surface area contributed by atoms with Crippen LogP contribution in [0.5, 0.6) is 17.2 Å². The molecule has 1 N–H and O–H groups in total. The van der Waals surface area contributed by atoms with Gasteiger partial charge in [0.1, 0.15) is 16.8 Å². The van der Waals surface area contributed by atoms with Crippen molar-refractivity contribution in [3.63, 3.8) is 0 Å². The molecule has 0 saturated heterocycles. The smallest absolute Gasteiger partial charge is 0.234 e. The molecule has 0 unspecified atom stereocenters. The van der Waals surface area contributed by atoms with Gasteiger partial charge in [-0.25, -0.2) is 4.98 Å². The number of rotatable bonds is 5. The van der Waals surface area contributed by atoms with Crippen molar-refractivity contribution in [1.82, 2.24) is 4.98 Å². The zero-order valence-corrected chi connectivity index (χ0v) is 15.7. The summed E-state index contributed by atoms with van der Waals surface area (Å²) >= 11 is 1.21. The van der Waals surface area contributed by atoms with E-state index in [-0.39, 0.29) is 18.5 Å². The number of nitriles is 1. The van der Waals surface area contributed by atoms with Gasteiger partial charge in [0, 0.05) is 23.2 Å². The lowest BCUT2D eigenvalue weighted by molar-refractivity contribution is -0.113. The highest BCUT2D eigenvalue weighted by atomic mass is 32.2. The molecule has 0 radical (unpaired) electrons. The topological polar surface area (TPSA) is 93.5 Å². The summed E-state index contributed by atoms with van der Waals surface area (Å²) in [5, 5.41) is 13.5. The number of fused-ring (bicyclic) bond motifs is 2. The van der Waals surface area contributed by atoms with Crippen molar-refractivity contribution in [2.24, 2.45) is 0 Å². The van der Waals surface area contributed by atoms with E-state index in [1.165, 1.54) is 11.8 Å². The van der Waals surface area contributed by atoms with Gasteiger partial charge in [-0.2, -0.15) is 5.26 Å². The van der Waals surface area contributed by atoms with Crippen LogP contribution in [0.2, 0.25) is 0 Å². The van der Waals surface area contributed by atoms with Crippen molar-refractivity contribution in [2.45, 2.75) is 5.03 Å². The zero-order chi connectivity index (χ0) is 19.5. The molecule has 1 aliphatic heterocycles. The van der Waals surface area contributed by atoms with E-state index in [0.29, 0.717) is 39.0 Å². The monoisotopic (exact) mass is 393 g/mol. The van der Waals surface area contributed by atoms with Gasteiger partial charge >= 0.3 is 0 Å². The summed E-state index contributed by atoms with van der Waals surface area (Å²) in [6.07, 6.45) is 0. The Morgan fingerprint density at radius 2 is 2.11 bits per heavy atom. The van der Waals surface area contributed by atoms with Crippen LogP contribution in [0.4, 0.5) is 5.69 Å². The van der Waals surface area contributed by atoms with Crippen LogP contribution in [-0.4, -0.2) is 30.5 Å². The molecule has 1 aliphatic rings. The number of ether oxygens (including phenoxy) is 3. The van der Waals surface area contributed by atoms with Gasteiger partial charge in [0.15, 0.2) is 11.5 Å². The van der Waals surface area contributed by atoms with E-state index in [0.717, 1.165) is 5.39 Å². The van der Waals surface area contributed by atoms with E-state index in [1.807, 2.05) is 0 Å². The van der Waals surface area contributed by atoms with Crippen molar-refractivity contribution < 1.29 is 19.0 Å². The SMILES string of the molecule is COc1cccc(NC(=O)CSc2nc3cc4c(cc3cc2C#N)OCO4)c1. The van der Waals surface area contributed by atoms with Crippen molar-refractivity contribution >= 4 is 34.3 Å². The Bertz CT molecular complexity index is 1110. The molecule has 0 aliphatic carbocycles. The van der Waals surface area contributed by atoms with E-state index < -0.39 is 0 Å². The number of amides is 1. The molecular weight excluding hydrogens is 378 g/mol. The van der Waals surface area contributed by atoms with Gasteiger partial charge in [-0.3, -0.25) is 4.79 Å². The highest BCUT2D eigenvalue weighted by Gasteiger charge is 2.17. The fourth-order valence-corrected chi connectivity index (χ4v) is 3.53. The fourth-order valence-electron chi connectivity index (χ4n) is 2.77. The van der Waals surface area contributed by atoms with E-state index in [1.54, 1.807) is 49.6 Å². The second-order valence-electron chi connectivity index (χ2n) is 5.92. The molecule has 0 atom stereocenters. The first-order chi connectivity index (χ1) is 13.7. The van der Waals surface area contributed by atoms with Crippen LogP contribution < -0.4 is 19.5 Å². The van der Waals surface area contributed by atoms with Gasteiger partial charge in [-0.05, 0) is 24.3 Å². The number of hydrogen-bond donors (Lipinski definition) is 1. The maximum atomic E-state index is 12.3. The van der Waals surface area contributed by atoms with Crippen molar-refractivity contribution in [3.8, 4) is 23.3 Å². The van der Waals surface area contributed by atoms with Gasteiger partial charge < -0.3 is 19.5 Å². The van der Waals surface area contributed by atoms with Crippen molar-refractivity contribution in [2.75, 3.05) is 25.0 Å². The van der Waals surface area contributed by atoms with Crippen molar-refractivity contribution in [3.05, 3.63) is 48.0 Å². The van der Waals surface area contributed by atoms with Gasteiger partial charge in [0.05, 0.1) is 23.9 Å². The molecule has 2 heterocycles. The first-order valence-electron chi connectivity index (χ1n) is 8.37. The molecule has 8 heteroatoms. The Hall–Kier alpha value is -3.44. The molecule has 0 bridgehead atoms. The largest absolute Gasteiger partial charge is 0.497 e. The lowest BCUT2D eigenvalue weighted by Crippen LogP contribution is -2.14. The normalized spacial score (nSPS) is 11.9. The Labute approximate surface area is 165 Å². The summed E-state index contributed by atoms with van der Waals surface area (Å²) in [6, 6.07) is 14.6. The maximum Gasteiger partial charge on any atom is 0.234 e. The molecule has 7 nitrogen and oxygen atoms in total. The summed E-state index contributed by atoms with van der Waals surface area (Å²) in [5.74, 6) is 1.84. The first kappa shape index (κ1) is 17.9. The van der Waals surface area contributed by atoms with Gasteiger partial charge in [-0.15, -0.1) is 0 Å². The Kier molecular flexibility index (Phi) is 4.91. The quantitative estimate of drug-likeness (QED) is 0.662. The number of methoxy groups -OCH3 is 1. The van der Waals surface area contributed by atoms with E-state index in [4.69, 9.17) is 14.2 Å². The molecule has 4 rings (SSSR count). The number of anilines is 1. The summed E-state index contributed by atoms with van der Waals surface area (Å²) in [6.45, 7) is 0.169. The standard InChI is InChI=1S/C20H15N3O4S/c1-25-15-4-2-3-14(7-15)22-19(24)10-28-20-13(9-21)5-12-6-17-18(27-11-26-17)8-16(12)23-20/h2-8H,10-11H2,1H3,(H,22,24). The lowest BCUT2D eigenvalue weighted by atomic mass is 10.1. The van der Waals surface area contributed by atoms with E-state index >= 15 is 0 Å². The fraction of sp³-hybridized carbons (Fsp3) is 0.150. The number of hydrogen-bond acceptors (Lipinski definition) is 7. The molecular formula is C20H15N3O4S. The second kappa shape index (κ2) is 7.66. The van der Waals surface area contributed by atoms with Crippen LogP contribution in [0, 0.1) is 11.3 Å². The third kappa shape index (κ3) is 3.66. The predicted octanol–water partition coefficient (Wildman–Crippen LogP) is 3.57. The van der Waals surface area contributed by atoms with E-state index in [9.17, 15) is 10.1 Å². The number of carbonyl (C=O) groups is 1. The third-order valence-corrected chi connectivity index (χ3v) is 5.08. The van der Waals surface area contributed by atoms with Gasteiger partial charge in [0.2, 0.25) is 12.7 Å². The number of pyridine rings is 1. The van der Waals surface area contributed by atoms with Crippen LogP contribution >= 0.6 is 11.8 Å². The predicted molar refractivity (Wildman–Crippen MR) is 105 cm³/mol. The third-order valence-electron chi connectivity index (χ3n) is 4.09. The van der Waals surface area contributed by atoms with Crippen LogP contribution in [0.1, 0.15) is 5.56 Å². The van der Waals surface area contributed by atoms with E-state index in [2.05, 4.69) is 16.4 Å². The van der Waals surface area contributed by atoms with Gasteiger partial charge in [-0.1, -0.05) is 17.8 Å². The average Bonchev–Trinajstić information content (AvgIpc) is 3.17. The number of nitrogens with zero attached hydrogens (tertiary/aromatic N) is 2. The molecule has 140 valence electrons. The molecule has 2 aromatic carbocycles. The lowest BCUT2D eigenvalue weighted by Gasteiger charge is -2.08. The highest BCUT2D eigenvalue weighted by Crippen LogP contribution is 2.37. The number of nitrogens with one attached hydrogen (secondary N) is 1. The molecule has 0 fully saturated rings. The molecule has 1 aromatic heterocycles. The number of thioether (sulfide) groups is 1. The molecule has 1 amide bonds. The minimum atomic E-state index is -0.199. The number of aromatic nitrogens is 1. The molecule has 28 heavy (non-hydrogen) atoms. The number of carbonyl (C=O) groups excluding carboxylic acids is 1. The van der Waals surface area contributed by atoms with Crippen LogP contribution in [0.25, 0.3) is 10.9 Å². The first-order valence-corrected chi connectivity index (χ1v) is 9.36. The molecule has 0 spiro atoms. The molecule has 0 saturated carbocycles. The zero-order valence-electron chi connectivity index (χ0n) is 14.9. The highest BCUT2D eigenvalue weighted by molar-refractivity contribution is 8.00. The Balaban J connectivity index is 1.51. The van der Waals surface area contributed by atoms with Crippen LogP contribution in [-0.2, 0) is 4.79 Å². The minimum absolute atomic E-state index is 0.120. The maximum absolute atomic E-state index is 12.3. The van der Waals surface area contributed by atoms with Crippen molar-refractivity contribution in [1.29, 1.82) is 5.26 Å². The summed E-state index contributed by atoms with van der Waals surface area (Å²) in [7, 11) is 1.57. The summed E-state index contributed by atoms with van der Waals surface area (Å²) < 4.78 is 15.9. The average molecular weight is 393 g/mol. The number of benzene rings is 2. The Morgan fingerprint density at radius 3 is 2.89 bits per heavy atom. The van der Waals surface area contributed by atoms with Gasteiger partial charge in [0.25, 0.3) is 0 Å². The summed E-state index contributed by atoms with van der Waals surface area (Å²) in [4.78, 5) is 16.8. The molecule has 3 aromatic rings. The minimum Gasteiger partial charge on any atom is -0.497 e. The summed E-state index contributed by atoms with van der Waals surface area (Å²) in [5.41, 5.74) is 1.73. The van der Waals surface area contributed by atoms with Crippen LogP contribution in [0.15, 0.2) is 47.5 Å². The van der Waals surface area contributed by atoms with Crippen LogP contribution in [0.3, 0.4) is 0 Å². The Morgan fingerprint density at radius 1 is 1.29 bits per heavy atom.